The van der Waals surface area contributed by atoms with Crippen molar-refractivity contribution in [2.75, 3.05) is 11.5 Å². The molecular formula is C12H25NS. The zero-order chi connectivity index (χ0) is 10.4. The topological polar surface area (TPSA) is 12.0 Å². The molecule has 1 heterocycles. The maximum Gasteiger partial charge on any atom is 0.00852 e. The highest BCUT2D eigenvalue weighted by Gasteiger charge is 2.15. The average Bonchev–Trinajstić information content (AvgIpc) is 2.16. The van der Waals surface area contributed by atoms with Crippen LogP contribution in [-0.2, 0) is 0 Å². The van der Waals surface area contributed by atoms with Crippen LogP contribution in [0, 0.1) is 5.92 Å². The molecule has 0 aromatic carbocycles. The zero-order valence-electron chi connectivity index (χ0n) is 9.88. The Kier molecular flexibility index (Phi) is 5.95. The fraction of sp³-hybridized carbons (Fsp3) is 1.00. The van der Waals surface area contributed by atoms with Crippen molar-refractivity contribution in [3.05, 3.63) is 0 Å². The number of nitrogens with one attached hydrogen (secondary N) is 1. The molecule has 1 rings (SSSR count). The Labute approximate surface area is 93.4 Å². The highest BCUT2D eigenvalue weighted by atomic mass is 32.2. The third-order valence-corrected chi connectivity index (χ3v) is 3.97. The maximum atomic E-state index is 3.76. The quantitative estimate of drug-likeness (QED) is 0.755. The summed E-state index contributed by atoms with van der Waals surface area (Å²) >= 11 is 2.10. The molecule has 1 nitrogen and oxygen atoms in total. The van der Waals surface area contributed by atoms with Gasteiger partial charge in [0.2, 0.25) is 0 Å². The first kappa shape index (κ1) is 12.4. The molecular weight excluding hydrogens is 190 g/mol. The number of thioether (sulfide) groups is 1. The van der Waals surface area contributed by atoms with Crippen LogP contribution >= 0.6 is 11.8 Å². The van der Waals surface area contributed by atoms with Crippen molar-refractivity contribution >= 4 is 11.8 Å². The highest BCUT2D eigenvalue weighted by molar-refractivity contribution is 7.99. The van der Waals surface area contributed by atoms with Crippen LogP contribution in [-0.4, -0.2) is 23.6 Å². The Morgan fingerprint density at radius 2 is 1.79 bits per heavy atom. The number of rotatable bonds is 5. The van der Waals surface area contributed by atoms with Crippen molar-refractivity contribution in [1.29, 1.82) is 0 Å². The number of hydrogen-bond acceptors (Lipinski definition) is 2. The first-order chi connectivity index (χ1) is 6.68. The lowest BCUT2D eigenvalue weighted by Gasteiger charge is -2.26. The number of hydrogen-bond donors (Lipinski definition) is 1. The summed E-state index contributed by atoms with van der Waals surface area (Å²) in [6.45, 7) is 6.96. The molecule has 84 valence electrons. The van der Waals surface area contributed by atoms with Crippen LogP contribution in [0.3, 0.4) is 0 Å². The van der Waals surface area contributed by atoms with E-state index in [2.05, 4.69) is 37.8 Å². The second-order valence-electron chi connectivity index (χ2n) is 4.93. The van der Waals surface area contributed by atoms with Crippen molar-refractivity contribution in [3.8, 4) is 0 Å². The summed E-state index contributed by atoms with van der Waals surface area (Å²) in [5.74, 6) is 3.56. The molecule has 1 saturated heterocycles. The average molecular weight is 215 g/mol. The molecule has 1 unspecified atom stereocenters. The largest absolute Gasteiger partial charge is 0.311 e. The van der Waals surface area contributed by atoms with Crippen molar-refractivity contribution in [2.45, 2.75) is 58.5 Å². The maximum absolute atomic E-state index is 3.76. The van der Waals surface area contributed by atoms with Crippen LogP contribution in [0.15, 0.2) is 0 Å². The van der Waals surface area contributed by atoms with E-state index >= 15 is 0 Å². The summed E-state index contributed by atoms with van der Waals surface area (Å²) in [5, 5.41) is 3.76. The Morgan fingerprint density at radius 3 is 2.36 bits per heavy atom. The van der Waals surface area contributed by atoms with Gasteiger partial charge in [0.1, 0.15) is 0 Å². The first-order valence-corrected chi connectivity index (χ1v) is 7.17. The molecule has 0 spiro atoms. The van der Waals surface area contributed by atoms with Crippen LogP contribution in [0.4, 0.5) is 0 Å². The van der Waals surface area contributed by atoms with Crippen molar-refractivity contribution in [3.63, 3.8) is 0 Å². The standard InChI is InChI=1S/C12H25NS/c1-10(2)4-5-11(3)13-12-6-8-14-9-7-12/h10-13H,4-9H2,1-3H3. The monoisotopic (exact) mass is 215 g/mol. The first-order valence-electron chi connectivity index (χ1n) is 6.02. The van der Waals surface area contributed by atoms with Crippen molar-refractivity contribution < 1.29 is 0 Å². The zero-order valence-corrected chi connectivity index (χ0v) is 10.7. The van der Waals surface area contributed by atoms with Crippen LogP contribution in [0.25, 0.3) is 0 Å². The Morgan fingerprint density at radius 1 is 1.14 bits per heavy atom. The summed E-state index contributed by atoms with van der Waals surface area (Å²) in [6.07, 6.45) is 5.43. The smallest absolute Gasteiger partial charge is 0.00852 e. The van der Waals surface area contributed by atoms with Gasteiger partial charge in [0.05, 0.1) is 0 Å². The third kappa shape index (κ3) is 5.26. The van der Waals surface area contributed by atoms with Gasteiger partial charge >= 0.3 is 0 Å². The predicted octanol–water partition coefficient (Wildman–Crippen LogP) is 3.30. The van der Waals surface area contributed by atoms with E-state index in [0.717, 1.165) is 12.0 Å². The van der Waals surface area contributed by atoms with Crippen molar-refractivity contribution in [2.24, 2.45) is 5.92 Å². The third-order valence-electron chi connectivity index (χ3n) is 2.92. The van der Waals surface area contributed by atoms with Gasteiger partial charge in [-0.25, -0.2) is 0 Å². The van der Waals surface area contributed by atoms with E-state index in [1.807, 2.05) is 0 Å². The Balaban J connectivity index is 2.09. The summed E-state index contributed by atoms with van der Waals surface area (Å²) in [7, 11) is 0. The summed E-state index contributed by atoms with van der Waals surface area (Å²) < 4.78 is 0. The normalized spacial score (nSPS) is 21.4. The van der Waals surface area contributed by atoms with E-state index in [0.29, 0.717) is 6.04 Å². The predicted molar refractivity (Wildman–Crippen MR) is 67.0 cm³/mol. The summed E-state index contributed by atoms with van der Waals surface area (Å²) in [6, 6.07) is 1.52. The van der Waals surface area contributed by atoms with Gasteiger partial charge in [-0.05, 0) is 50.0 Å². The second-order valence-corrected chi connectivity index (χ2v) is 6.15. The minimum atomic E-state index is 0.713. The molecule has 0 aliphatic carbocycles. The van der Waals surface area contributed by atoms with E-state index in [-0.39, 0.29) is 0 Å². The van der Waals surface area contributed by atoms with E-state index in [9.17, 15) is 0 Å². The molecule has 2 heteroatoms. The van der Waals surface area contributed by atoms with Gasteiger partial charge in [0.15, 0.2) is 0 Å². The van der Waals surface area contributed by atoms with E-state index < -0.39 is 0 Å². The van der Waals surface area contributed by atoms with E-state index in [1.165, 1.54) is 37.2 Å². The fourth-order valence-electron chi connectivity index (χ4n) is 1.93. The lowest BCUT2D eigenvalue weighted by molar-refractivity contribution is 0.384. The molecule has 0 bridgehead atoms. The summed E-state index contributed by atoms with van der Waals surface area (Å²) in [4.78, 5) is 0. The Hall–Kier alpha value is 0.310. The van der Waals surface area contributed by atoms with Gasteiger partial charge < -0.3 is 5.32 Å². The lowest BCUT2D eigenvalue weighted by Crippen LogP contribution is -2.38. The van der Waals surface area contributed by atoms with Crippen LogP contribution in [0.2, 0.25) is 0 Å². The second kappa shape index (κ2) is 6.73. The molecule has 0 amide bonds. The molecule has 0 aromatic heterocycles. The Bertz CT molecular complexity index is 141. The van der Waals surface area contributed by atoms with Gasteiger partial charge in [0.25, 0.3) is 0 Å². The van der Waals surface area contributed by atoms with Gasteiger partial charge in [-0.3, -0.25) is 0 Å². The SMILES string of the molecule is CC(C)CCC(C)NC1CCSCC1. The van der Waals surface area contributed by atoms with Gasteiger partial charge in [-0.1, -0.05) is 13.8 Å². The lowest BCUT2D eigenvalue weighted by atomic mass is 10.0. The fourth-order valence-corrected chi connectivity index (χ4v) is 3.04. The molecule has 0 aromatic rings. The van der Waals surface area contributed by atoms with Gasteiger partial charge in [0, 0.05) is 12.1 Å². The summed E-state index contributed by atoms with van der Waals surface area (Å²) in [5.41, 5.74) is 0. The minimum absolute atomic E-state index is 0.713. The van der Waals surface area contributed by atoms with Crippen molar-refractivity contribution in [1.82, 2.24) is 5.32 Å². The molecule has 14 heavy (non-hydrogen) atoms. The van der Waals surface area contributed by atoms with E-state index in [1.54, 1.807) is 0 Å². The minimum Gasteiger partial charge on any atom is -0.311 e. The molecule has 0 saturated carbocycles. The molecule has 1 N–H and O–H groups in total. The van der Waals surface area contributed by atoms with E-state index in [4.69, 9.17) is 0 Å². The highest BCUT2D eigenvalue weighted by Crippen LogP contribution is 2.18. The van der Waals surface area contributed by atoms with Gasteiger partial charge in [-0.2, -0.15) is 11.8 Å². The van der Waals surface area contributed by atoms with Crippen LogP contribution in [0.5, 0.6) is 0 Å². The molecule has 1 atom stereocenters. The van der Waals surface area contributed by atoms with Crippen LogP contribution in [0.1, 0.15) is 46.5 Å². The molecule has 1 aliphatic rings. The molecule has 1 fully saturated rings. The van der Waals surface area contributed by atoms with Gasteiger partial charge in [-0.15, -0.1) is 0 Å². The molecule has 0 radical (unpaired) electrons. The molecule has 1 aliphatic heterocycles. The van der Waals surface area contributed by atoms with Crippen LogP contribution < -0.4 is 5.32 Å².